The highest BCUT2D eigenvalue weighted by atomic mass is 79.9. The van der Waals surface area contributed by atoms with E-state index in [0.29, 0.717) is 12.1 Å². The molecule has 1 N–H and O–H groups in total. The van der Waals surface area contributed by atoms with Gasteiger partial charge in [-0.05, 0) is 63.8 Å². The molecule has 0 radical (unpaired) electrons. The molecule has 106 valence electrons. The predicted molar refractivity (Wildman–Crippen MR) is 80.5 cm³/mol. The van der Waals surface area contributed by atoms with Gasteiger partial charge in [-0.15, -0.1) is 11.3 Å². The summed E-state index contributed by atoms with van der Waals surface area (Å²) in [6, 6.07) is 5.94. The molecule has 0 atom stereocenters. The number of carbonyl (C=O) groups is 1. The molecule has 0 bridgehead atoms. The standard InChI is InChI=1S/C14H13BrFNO2S/c1-17(7-10-4-13(15)20-8-10)6-9-2-11(14(18)19)5-12(16)3-9/h2-5,8H,6-7H2,1H3,(H,18,19). The largest absolute Gasteiger partial charge is 0.478 e. The van der Waals surface area contributed by atoms with Gasteiger partial charge in [-0.2, -0.15) is 0 Å². The topological polar surface area (TPSA) is 40.5 Å². The number of thiophene rings is 1. The molecule has 20 heavy (non-hydrogen) atoms. The normalized spacial score (nSPS) is 11.0. The molecule has 6 heteroatoms. The van der Waals surface area contributed by atoms with E-state index in [-0.39, 0.29) is 5.56 Å². The molecule has 0 aliphatic heterocycles. The molecular weight excluding hydrogens is 345 g/mol. The van der Waals surface area contributed by atoms with Crippen molar-refractivity contribution in [3.63, 3.8) is 0 Å². The van der Waals surface area contributed by atoms with E-state index in [1.54, 1.807) is 11.3 Å². The second-order valence-electron chi connectivity index (χ2n) is 4.58. The van der Waals surface area contributed by atoms with Crippen LogP contribution in [0.3, 0.4) is 0 Å². The monoisotopic (exact) mass is 357 g/mol. The first-order valence-electron chi connectivity index (χ1n) is 5.88. The summed E-state index contributed by atoms with van der Waals surface area (Å²) in [4.78, 5) is 12.9. The number of carboxylic acid groups (broad SMARTS) is 1. The van der Waals surface area contributed by atoms with E-state index in [0.717, 1.165) is 16.4 Å². The Bertz CT molecular complexity index is 629. The third-order valence-electron chi connectivity index (χ3n) is 2.73. The second-order valence-corrected chi connectivity index (χ2v) is 6.88. The minimum Gasteiger partial charge on any atom is -0.478 e. The van der Waals surface area contributed by atoms with Crippen LogP contribution in [0, 0.1) is 5.82 Å². The van der Waals surface area contributed by atoms with Crippen molar-refractivity contribution in [2.75, 3.05) is 7.05 Å². The fourth-order valence-electron chi connectivity index (χ4n) is 1.97. The first kappa shape index (κ1) is 15.2. The van der Waals surface area contributed by atoms with Crippen molar-refractivity contribution in [2.24, 2.45) is 0 Å². The van der Waals surface area contributed by atoms with Crippen molar-refractivity contribution in [1.29, 1.82) is 0 Å². The first-order chi connectivity index (χ1) is 9.44. The summed E-state index contributed by atoms with van der Waals surface area (Å²) in [6.45, 7) is 1.21. The van der Waals surface area contributed by atoms with Crippen molar-refractivity contribution in [3.8, 4) is 0 Å². The molecule has 0 saturated carbocycles. The van der Waals surface area contributed by atoms with Crippen LogP contribution in [0.4, 0.5) is 4.39 Å². The predicted octanol–water partition coefficient (Wildman–Crippen LogP) is 3.98. The summed E-state index contributed by atoms with van der Waals surface area (Å²) in [5.41, 5.74) is 1.80. The quantitative estimate of drug-likeness (QED) is 0.879. The van der Waals surface area contributed by atoms with Crippen molar-refractivity contribution in [1.82, 2.24) is 4.90 Å². The number of hydrogen-bond acceptors (Lipinski definition) is 3. The van der Waals surface area contributed by atoms with Crippen molar-refractivity contribution in [2.45, 2.75) is 13.1 Å². The zero-order chi connectivity index (χ0) is 14.7. The van der Waals surface area contributed by atoms with Gasteiger partial charge in [0.25, 0.3) is 0 Å². The molecule has 0 aliphatic carbocycles. The van der Waals surface area contributed by atoms with Crippen molar-refractivity contribution in [3.05, 3.63) is 55.9 Å². The summed E-state index contributed by atoms with van der Waals surface area (Å²) in [7, 11) is 1.91. The maximum Gasteiger partial charge on any atom is 0.335 e. The Hall–Kier alpha value is -1.24. The van der Waals surface area contributed by atoms with Crippen molar-refractivity contribution < 1.29 is 14.3 Å². The summed E-state index contributed by atoms with van der Waals surface area (Å²) in [5.74, 6) is -1.64. The Morgan fingerprint density at radius 1 is 1.30 bits per heavy atom. The Balaban J connectivity index is 2.07. The summed E-state index contributed by atoms with van der Waals surface area (Å²) >= 11 is 5.02. The van der Waals surface area contributed by atoms with E-state index in [1.807, 2.05) is 18.0 Å². The lowest BCUT2D eigenvalue weighted by atomic mass is 10.1. The van der Waals surface area contributed by atoms with Gasteiger partial charge in [0, 0.05) is 13.1 Å². The van der Waals surface area contributed by atoms with Crippen LogP contribution in [-0.4, -0.2) is 23.0 Å². The summed E-state index contributed by atoms with van der Waals surface area (Å²) < 4.78 is 14.5. The van der Waals surface area contributed by atoms with E-state index >= 15 is 0 Å². The number of nitrogens with zero attached hydrogens (tertiary/aromatic N) is 1. The minimum absolute atomic E-state index is 0.0216. The highest BCUT2D eigenvalue weighted by Crippen LogP contribution is 2.22. The molecule has 0 aliphatic rings. The molecular formula is C14H13BrFNO2S. The van der Waals surface area contributed by atoms with Crippen LogP contribution in [0.15, 0.2) is 33.4 Å². The molecule has 0 saturated heterocycles. The molecule has 0 unspecified atom stereocenters. The van der Waals surface area contributed by atoms with Crippen LogP contribution in [0.25, 0.3) is 0 Å². The van der Waals surface area contributed by atoms with Gasteiger partial charge in [0.15, 0.2) is 0 Å². The maximum absolute atomic E-state index is 13.4. The maximum atomic E-state index is 13.4. The number of hydrogen-bond donors (Lipinski definition) is 1. The van der Waals surface area contributed by atoms with Crippen LogP contribution in [0.2, 0.25) is 0 Å². The van der Waals surface area contributed by atoms with Gasteiger partial charge < -0.3 is 5.11 Å². The third-order valence-corrected chi connectivity index (χ3v) is 4.28. The Kier molecular flexibility index (Phi) is 4.91. The third kappa shape index (κ3) is 4.13. The molecule has 1 heterocycles. The summed E-state index contributed by atoms with van der Waals surface area (Å²) in [6.07, 6.45) is 0. The molecule has 2 aromatic rings. The van der Waals surface area contributed by atoms with E-state index in [2.05, 4.69) is 21.3 Å². The molecule has 1 aromatic carbocycles. The number of rotatable bonds is 5. The highest BCUT2D eigenvalue weighted by molar-refractivity contribution is 9.11. The zero-order valence-corrected chi connectivity index (χ0v) is 13.2. The van der Waals surface area contributed by atoms with Gasteiger partial charge in [-0.1, -0.05) is 0 Å². The van der Waals surface area contributed by atoms with Crippen LogP contribution < -0.4 is 0 Å². The average molecular weight is 358 g/mol. The van der Waals surface area contributed by atoms with Gasteiger partial charge in [0.2, 0.25) is 0 Å². The van der Waals surface area contributed by atoms with E-state index in [4.69, 9.17) is 5.11 Å². The molecule has 3 nitrogen and oxygen atoms in total. The van der Waals surface area contributed by atoms with Gasteiger partial charge >= 0.3 is 5.97 Å². The Labute approximate surface area is 128 Å². The summed E-state index contributed by atoms with van der Waals surface area (Å²) in [5, 5.41) is 11.0. The Morgan fingerprint density at radius 2 is 2.00 bits per heavy atom. The van der Waals surface area contributed by atoms with Gasteiger partial charge in [0.05, 0.1) is 9.35 Å². The smallest absolute Gasteiger partial charge is 0.335 e. The molecule has 1 aromatic heterocycles. The Morgan fingerprint density at radius 3 is 2.60 bits per heavy atom. The highest BCUT2D eigenvalue weighted by Gasteiger charge is 2.09. The van der Waals surface area contributed by atoms with Crippen LogP contribution in [0.5, 0.6) is 0 Å². The first-order valence-corrected chi connectivity index (χ1v) is 7.55. The van der Waals surface area contributed by atoms with E-state index in [9.17, 15) is 9.18 Å². The fourth-order valence-corrected chi connectivity index (χ4v) is 3.17. The van der Waals surface area contributed by atoms with E-state index < -0.39 is 11.8 Å². The number of carboxylic acids is 1. The molecule has 0 spiro atoms. The van der Waals surface area contributed by atoms with Crippen LogP contribution in [-0.2, 0) is 13.1 Å². The lowest BCUT2D eigenvalue weighted by Crippen LogP contribution is -2.17. The molecule has 2 rings (SSSR count). The van der Waals surface area contributed by atoms with E-state index in [1.165, 1.54) is 17.7 Å². The zero-order valence-electron chi connectivity index (χ0n) is 10.8. The average Bonchev–Trinajstić information content (AvgIpc) is 2.73. The molecule has 0 fully saturated rings. The second kappa shape index (κ2) is 6.47. The SMILES string of the molecule is CN(Cc1cc(F)cc(C(=O)O)c1)Cc1csc(Br)c1. The number of aromatic carboxylic acids is 1. The lowest BCUT2D eigenvalue weighted by Gasteiger charge is -2.16. The van der Waals surface area contributed by atoms with Gasteiger partial charge in [-0.25, -0.2) is 9.18 Å². The minimum atomic E-state index is -1.12. The number of benzene rings is 1. The lowest BCUT2D eigenvalue weighted by molar-refractivity contribution is 0.0696. The van der Waals surface area contributed by atoms with Crippen LogP contribution in [0.1, 0.15) is 21.5 Å². The fraction of sp³-hybridized carbons (Fsp3) is 0.214. The molecule has 0 amide bonds. The number of halogens is 2. The van der Waals surface area contributed by atoms with Gasteiger partial charge in [-0.3, -0.25) is 4.90 Å². The van der Waals surface area contributed by atoms with Gasteiger partial charge in [0.1, 0.15) is 5.82 Å². The van der Waals surface area contributed by atoms with Crippen LogP contribution >= 0.6 is 27.3 Å². The van der Waals surface area contributed by atoms with Crippen molar-refractivity contribution >= 4 is 33.2 Å².